The first kappa shape index (κ1) is 77.9. The molecule has 0 bridgehead atoms. The van der Waals surface area contributed by atoms with Crippen LogP contribution >= 0.6 is 0 Å². The molecule has 584 valence electrons. The Balaban J connectivity index is 0.655. The largest absolute Gasteiger partial charge is 0.457 e. The van der Waals surface area contributed by atoms with Gasteiger partial charge in [0, 0.05) is 24.3 Å². The molecule has 0 aliphatic carbocycles. The third kappa shape index (κ3) is 13.0. The molecule has 0 N–H and O–H groups in total. The van der Waals surface area contributed by atoms with Crippen molar-refractivity contribution in [1.29, 1.82) is 0 Å². The van der Waals surface area contributed by atoms with Crippen LogP contribution in [0.4, 0.5) is 102 Å². The highest BCUT2D eigenvalue weighted by molar-refractivity contribution is 6.35. The number of anilines is 4. The van der Waals surface area contributed by atoms with E-state index in [9.17, 15) is 38.4 Å². The number of ether oxygens (including phenoxy) is 4. The number of hydrogen-bond donors (Lipinski definition) is 0. The highest BCUT2D eigenvalue weighted by Gasteiger charge is 2.75. The van der Waals surface area contributed by atoms with Gasteiger partial charge in [0.15, 0.2) is 0 Å². The minimum Gasteiger partial charge on any atom is -0.457 e. The lowest BCUT2D eigenvalue weighted by Gasteiger charge is -2.38. The SMILES string of the molecule is O=C1C=CC(=O)N1c1ccc(Oc2ccc(C(c3ccc(Oc4ccc(N5C(=O)c6ccc(C(c7ccc8c(c7)C(=O)N(c7ccc(Oc9ccc(C(c%10ccc(Oc%11ccc(N%12C(=O)C=CC%12=O)cc%11)cc%10)(C(F)(F)F)C(F)(F)F)cc9)cc7)C8=O)(C(F)(F)F)C(F)(F)F)cc6C5=O)cc4)cc3)(C(F)(F)F)C(F)(F)F)cc2)cc1. The van der Waals surface area contributed by atoms with Crippen molar-refractivity contribution in [3.05, 3.63) is 310 Å². The van der Waals surface area contributed by atoms with Crippen molar-refractivity contribution >= 4 is 70.0 Å². The van der Waals surface area contributed by atoms with Crippen LogP contribution in [0.25, 0.3) is 0 Å². The molecule has 115 heavy (non-hydrogen) atoms. The highest BCUT2D eigenvalue weighted by Crippen LogP contribution is 2.61. The molecular formula is C81H42F18N4O12. The second-order valence-electron chi connectivity index (χ2n) is 25.8. The Morgan fingerprint density at radius 1 is 0.191 bits per heavy atom. The second kappa shape index (κ2) is 27.8. The number of imide groups is 4. The van der Waals surface area contributed by atoms with E-state index in [2.05, 4.69) is 0 Å². The van der Waals surface area contributed by atoms with Gasteiger partial charge in [-0.25, -0.2) is 19.6 Å². The van der Waals surface area contributed by atoms with Crippen LogP contribution in [0.15, 0.2) is 255 Å². The maximum absolute atomic E-state index is 15.8. The van der Waals surface area contributed by atoms with Gasteiger partial charge in [-0.15, -0.1) is 0 Å². The Morgan fingerprint density at radius 3 is 0.557 bits per heavy atom. The molecule has 0 spiro atoms. The van der Waals surface area contributed by atoms with Crippen molar-refractivity contribution in [2.24, 2.45) is 0 Å². The molecule has 14 rings (SSSR count). The summed E-state index contributed by atoms with van der Waals surface area (Å²) in [6, 6.07) is 31.0. The molecule has 4 heterocycles. The number of nitrogens with zero attached hydrogens (tertiary/aromatic N) is 4. The van der Waals surface area contributed by atoms with Gasteiger partial charge in [0.1, 0.15) is 46.0 Å². The quantitative estimate of drug-likeness (QED) is 0.0585. The van der Waals surface area contributed by atoms with E-state index in [0.717, 1.165) is 131 Å². The van der Waals surface area contributed by atoms with Crippen LogP contribution in [0, 0.1) is 0 Å². The monoisotopic (exact) mass is 1600 g/mol. The van der Waals surface area contributed by atoms with Crippen molar-refractivity contribution in [2.45, 2.75) is 53.3 Å². The zero-order valence-electron chi connectivity index (χ0n) is 57.2. The summed E-state index contributed by atoms with van der Waals surface area (Å²) in [6.45, 7) is 0. The van der Waals surface area contributed by atoms with Crippen LogP contribution in [0.3, 0.4) is 0 Å². The number of alkyl halides is 18. The third-order valence-electron chi connectivity index (χ3n) is 19.3. The Kier molecular flexibility index (Phi) is 18.8. The van der Waals surface area contributed by atoms with E-state index < -0.39 is 156 Å². The molecule has 8 amide bonds. The number of carbonyl (C=O) groups is 8. The number of hydrogen-bond acceptors (Lipinski definition) is 12. The van der Waals surface area contributed by atoms with Crippen LogP contribution in [0.2, 0.25) is 0 Å². The van der Waals surface area contributed by atoms with Crippen molar-refractivity contribution in [2.75, 3.05) is 19.6 Å². The normalized spacial score (nSPS) is 15.0. The first-order chi connectivity index (χ1) is 54.1. The summed E-state index contributed by atoms with van der Waals surface area (Å²) in [7, 11) is 0. The molecule has 10 aromatic carbocycles. The van der Waals surface area contributed by atoms with Crippen LogP contribution in [0.5, 0.6) is 46.0 Å². The molecular weight excluding hydrogens is 1560 g/mol. The predicted octanol–water partition coefficient (Wildman–Crippen LogP) is 19.5. The fourth-order valence-corrected chi connectivity index (χ4v) is 14.0. The Hall–Kier alpha value is -13.8. The topological polar surface area (TPSA) is 186 Å². The maximum atomic E-state index is 15.8. The summed E-state index contributed by atoms with van der Waals surface area (Å²) >= 11 is 0. The molecule has 4 aliphatic heterocycles. The van der Waals surface area contributed by atoms with Crippen LogP contribution in [0.1, 0.15) is 74.8 Å². The fraction of sp³-hybridized carbons (Fsp3) is 0.111. The molecule has 0 atom stereocenters. The first-order valence-electron chi connectivity index (χ1n) is 33.2. The van der Waals surface area contributed by atoms with Gasteiger partial charge < -0.3 is 18.9 Å². The molecule has 0 fully saturated rings. The van der Waals surface area contributed by atoms with E-state index in [1.165, 1.54) is 48.5 Å². The predicted molar refractivity (Wildman–Crippen MR) is 369 cm³/mol. The van der Waals surface area contributed by atoms with Crippen LogP contribution < -0.4 is 38.5 Å². The van der Waals surface area contributed by atoms with Crippen molar-refractivity contribution < 1.29 is 136 Å². The first-order valence-corrected chi connectivity index (χ1v) is 33.2. The van der Waals surface area contributed by atoms with Gasteiger partial charge in [-0.3, -0.25) is 38.4 Å². The second-order valence-corrected chi connectivity index (χ2v) is 25.8. The molecule has 4 aliphatic rings. The zero-order chi connectivity index (χ0) is 82.7. The lowest BCUT2D eigenvalue weighted by atomic mass is 9.71. The highest BCUT2D eigenvalue weighted by atomic mass is 19.4. The van der Waals surface area contributed by atoms with E-state index in [1.807, 2.05) is 0 Å². The minimum atomic E-state index is -6.42. The van der Waals surface area contributed by atoms with Gasteiger partial charge in [0.25, 0.3) is 47.3 Å². The Morgan fingerprint density at radius 2 is 0.357 bits per heavy atom. The summed E-state index contributed by atoms with van der Waals surface area (Å²) in [4.78, 5) is 107. The van der Waals surface area contributed by atoms with Gasteiger partial charge in [-0.05, 0) is 203 Å². The number of amides is 8. The zero-order valence-corrected chi connectivity index (χ0v) is 57.2. The van der Waals surface area contributed by atoms with Crippen LogP contribution in [-0.4, -0.2) is 84.3 Å². The maximum Gasteiger partial charge on any atom is 0.411 e. The Labute approximate surface area is 633 Å². The number of rotatable bonds is 18. The summed E-state index contributed by atoms with van der Waals surface area (Å²) in [5.41, 5.74) is -27.0. The average molecular weight is 1610 g/mol. The number of fused-ring (bicyclic) bond motifs is 2. The summed E-state index contributed by atoms with van der Waals surface area (Å²) in [5.74, 6) is -9.60. The van der Waals surface area contributed by atoms with Gasteiger partial charge >= 0.3 is 37.1 Å². The van der Waals surface area contributed by atoms with Crippen LogP contribution in [-0.2, 0) is 35.4 Å². The standard InChI is InChI=1S/C81H42F18N4O12/c82-76(83,84)73(77(85,86)87,43-1-19-53(20-2-43)112-57-27-11-49(12-28-57)100-65(104)37-38-66(100)105)45-5-23-55(24-6-45)114-59-31-15-51(16-32-59)102-69(108)61-35-9-47(41-63(61)71(102)110)75(80(94,95)96,81(97,98)99)48-10-36-62-64(42-48)72(111)103(70(62)109)52-17-33-60(34-18-52)115-56-25-7-46(8-26-56)74(78(88,89)90,79(91,92)93)44-3-21-54(22-4-44)113-58-29-13-50(14-30-58)101-67(106)39-40-68(101)107/h1-42H. The van der Waals surface area contributed by atoms with Crippen molar-refractivity contribution in [3.63, 3.8) is 0 Å². The molecule has 16 nitrogen and oxygen atoms in total. The van der Waals surface area contributed by atoms with Gasteiger partial charge in [-0.1, -0.05) is 60.7 Å². The van der Waals surface area contributed by atoms with E-state index in [-0.39, 0.29) is 93.0 Å². The molecule has 0 saturated carbocycles. The smallest absolute Gasteiger partial charge is 0.411 e. The molecule has 34 heteroatoms. The van der Waals surface area contributed by atoms with E-state index in [4.69, 9.17) is 18.9 Å². The molecule has 0 unspecified atom stereocenters. The lowest BCUT2D eigenvalue weighted by molar-refractivity contribution is -0.290. The van der Waals surface area contributed by atoms with E-state index in [1.54, 1.807) is 0 Å². The fourth-order valence-electron chi connectivity index (χ4n) is 14.0. The summed E-state index contributed by atoms with van der Waals surface area (Å²) in [5, 5.41) is 0. The Bertz CT molecular complexity index is 5270. The lowest BCUT2D eigenvalue weighted by Crippen LogP contribution is -2.55. The van der Waals surface area contributed by atoms with Gasteiger partial charge in [0.2, 0.25) is 16.2 Å². The van der Waals surface area contributed by atoms with Crippen molar-refractivity contribution in [3.8, 4) is 46.0 Å². The van der Waals surface area contributed by atoms with Gasteiger partial charge in [-0.2, -0.15) is 79.0 Å². The number of benzene rings is 10. The molecule has 10 aromatic rings. The number of carbonyl (C=O) groups excluding carboxylic acids is 8. The summed E-state index contributed by atoms with van der Waals surface area (Å²) < 4.78 is 299. The van der Waals surface area contributed by atoms with E-state index >= 15 is 79.0 Å². The van der Waals surface area contributed by atoms with Gasteiger partial charge in [0.05, 0.1) is 45.0 Å². The van der Waals surface area contributed by atoms with Crippen molar-refractivity contribution in [1.82, 2.24) is 0 Å². The van der Waals surface area contributed by atoms with E-state index in [0.29, 0.717) is 70.5 Å². The number of halogens is 18. The average Bonchev–Trinajstić information content (AvgIpc) is 0.816. The molecule has 0 aromatic heterocycles. The molecule has 0 saturated heterocycles. The third-order valence-corrected chi connectivity index (χ3v) is 19.3. The minimum absolute atomic E-state index is 0.0241. The molecule has 0 radical (unpaired) electrons. The summed E-state index contributed by atoms with van der Waals surface area (Å²) in [6.07, 6.45) is -32.9.